The van der Waals surface area contributed by atoms with Crippen LogP contribution >= 0.6 is 11.3 Å². The van der Waals surface area contributed by atoms with Gasteiger partial charge in [0.15, 0.2) is 5.84 Å². The number of nitrogens with two attached hydrogens (primary N) is 1. The number of nitrogens with zero attached hydrogens (tertiary/aromatic N) is 3. The van der Waals surface area contributed by atoms with Crippen LogP contribution in [0.1, 0.15) is 17.4 Å². The Morgan fingerprint density at radius 2 is 2.04 bits per heavy atom. The minimum absolute atomic E-state index is 0.390. The van der Waals surface area contributed by atoms with Gasteiger partial charge in [-0.15, -0.1) is 11.3 Å². The summed E-state index contributed by atoms with van der Waals surface area (Å²) in [4.78, 5) is 1.15. The quantitative estimate of drug-likeness (QED) is 0.854. The number of hydrazone groups is 2. The summed E-state index contributed by atoms with van der Waals surface area (Å²) in [7, 11) is 0. The van der Waals surface area contributed by atoms with Gasteiger partial charge in [-0.1, -0.05) is 18.2 Å². The summed E-state index contributed by atoms with van der Waals surface area (Å²) in [5.41, 5.74) is 11.5. The topological polar surface area (TPSA) is 66.0 Å². The SMILES string of the molecule is CC1(Cc2ccc(N)cc2)NN=C2C=CC(c3cccs3)=NN21. The van der Waals surface area contributed by atoms with Crippen molar-refractivity contribution in [1.29, 1.82) is 0 Å². The van der Waals surface area contributed by atoms with E-state index in [2.05, 4.69) is 28.9 Å². The first kappa shape index (κ1) is 14.0. The number of nitrogens with one attached hydrogen (secondary N) is 1. The van der Waals surface area contributed by atoms with Gasteiger partial charge in [0.25, 0.3) is 0 Å². The fourth-order valence-electron chi connectivity index (χ4n) is 2.79. The Kier molecular flexibility index (Phi) is 3.20. The molecule has 0 radical (unpaired) electrons. The van der Waals surface area contributed by atoms with Crippen LogP contribution in [0.4, 0.5) is 5.69 Å². The minimum atomic E-state index is -0.390. The van der Waals surface area contributed by atoms with E-state index in [1.165, 1.54) is 5.56 Å². The predicted molar refractivity (Wildman–Crippen MR) is 95.4 cm³/mol. The average molecular weight is 323 g/mol. The number of hydrogen-bond donors (Lipinski definition) is 2. The third-order valence-electron chi connectivity index (χ3n) is 4.00. The molecule has 1 aromatic heterocycles. The highest BCUT2D eigenvalue weighted by molar-refractivity contribution is 7.12. The molecule has 116 valence electrons. The maximum atomic E-state index is 5.77. The molecule has 1 unspecified atom stereocenters. The van der Waals surface area contributed by atoms with Crippen LogP contribution in [0.25, 0.3) is 0 Å². The van der Waals surface area contributed by atoms with E-state index in [-0.39, 0.29) is 0 Å². The fourth-order valence-corrected chi connectivity index (χ4v) is 3.48. The summed E-state index contributed by atoms with van der Waals surface area (Å²) in [6.45, 7) is 2.11. The van der Waals surface area contributed by atoms with E-state index >= 15 is 0 Å². The summed E-state index contributed by atoms with van der Waals surface area (Å²) in [5, 5.41) is 13.3. The molecular weight excluding hydrogens is 306 g/mol. The molecule has 2 aliphatic heterocycles. The molecule has 3 N–H and O–H groups in total. The van der Waals surface area contributed by atoms with E-state index in [1.54, 1.807) is 11.3 Å². The maximum Gasteiger partial charge on any atom is 0.171 e. The zero-order valence-electron chi connectivity index (χ0n) is 12.7. The Morgan fingerprint density at radius 1 is 1.22 bits per heavy atom. The molecule has 0 aliphatic carbocycles. The van der Waals surface area contributed by atoms with Gasteiger partial charge in [-0.2, -0.15) is 10.2 Å². The lowest BCUT2D eigenvalue weighted by molar-refractivity contribution is 0.182. The molecule has 0 saturated carbocycles. The average Bonchev–Trinajstić information content (AvgIpc) is 3.19. The zero-order chi connectivity index (χ0) is 15.9. The van der Waals surface area contributed by atoms with Crippen molar-refractivity contribution in [2.75, 3.05) is 5.73 Å². The van der Waals surface area contributed by atoms with E-state index < -0.39 is 5.66 Å². The molecular formula is C17H17N5S. The molecule has 6 heteroatoms. The molecule has 2 aromatic rings. The molecule has 0 saturated heterocycles. The minimum Gasteiger partial charge on any atom is -0.399 e. The van der Waals surface area contributed by atoms with Crippen molar-refractivity contribution in [2.24, 2.45) is 10.2 Å². The van der Waals surface area contributed by atoms with Gasteiger partial charge in [0.05, 0.1) is 4.88 Å². The summed E-state index contributed by atoms with van der Waals surface area (Å²) >= 11 is 1.69. The number of rotatable bonds is 3. The number of benzene rings is 1. The van der Waals surface area contributed by atoms with Crippen LogP contribution in [-0.2, 0) is 6.42 Å². The smallest absolute Gasteiger partial charge is 0.171 e. The fraction of sp³-hybridized carbons (Fsp3) is 0.176. The van der Waals surface area contributed by atoms with Crippen LogP contribution in [-0.4, -0.2) is 22.2 Å². The van der Waals surface area contributed by atoms with E-state index in [4.69, 9.17) is 10.8 Å². The number of fused-ring (bicyclic) bond motifs is 1. The third kappa shape index (κ3) is 2.51. The van der Waals surface area contributed by atoms with Crippen LogP contribution in [0.5, 0.6) is 0 Å². The van der Waals surface area contributed by atoms with Gasteiger partial charge in [0.2, 0.25) is 0 Å². The van der Waals surface area contributed by atoms with Crippen LogP contribution in [0, 0.1) is 0 Å². The van der Waals surface area contributed by atoms with Crippen molar-refractivity contribution in [1.82, 2.24) is 10.4 Å². The van der Waals surface area contributed by atoms with Crippen LogP contribution in [0.3, 0.4) is 0 Å². The molecule has 23 heavy (non-hydrogen) atoms. The second-order valence-electron chi connectivity index (χ2n) is 5.88. The van der Waals surface area contributed by atoms with Crippen molar-refractivity contribution in [3.8, 4) is 0 Å². The lowest BCUT2D eigenvalue weighted by atomic mass is 10.0. The molecule has 2 aliphatic rings. The lowest BCUT2D eigenvalue weighted by Crippen LogP contribution is -2.51. The summed E-state index contributed by atoms with van der Waals surface area (Å²) in [5.74, 6) is 0.836. The molecule has 0 spiro atoms. The van der Waals surface area contributed by atoms with Crippen molar-refractivity contribution >= 4 is 28.6 Å². The maximum absolute atomic E-state index is 5.77. The van der Waals surface area contributed by atoms with Crippen LogP contribution in [0.2, 0.25) is 0 Å². The highest BCUT2D eigenvalue weighted by atomic mass is 32.1. The Balaban J connectivity index is 1.63. The Bertz CT molecular complexity index is 804. The summed E-state index contributed by atoms with van der Waals surface area (Å²) < 4.78 is 0. The van der Waals surface area contributed by atoms with Crippen LogP contribution in [0.15, 0.2) is 64.1 Å². The van der Waals surface area contributed by atoms with Crippen molar-refractivity contribution in [2.45, 2.75) is 19.0 Å². The van der Waals surface area contributed by atoms with Gasteiger partial charge in [-0.05, 0) is 48.2 Å². The first-order chi connectivity index (χ1) is 11.1. The third-order valence-corrected chi connectivity index (χ3v) is 4.89. The number of hydrogen-bond acceptors (Lipinski definition) is 6. The van der Waals surface area contributed by atoms with Gasteiger partial charge in [-0.25, -0.2) is 5.01 Å². The molecule has 4 rings (SSSR count). The molecule has 3 heterocycles. The lowest BCUT2D eigenvalue weighted by Gasteiger charge is -2.34. The standard InChI is InChI=1S/C17H17N5S/c1-17(11-12-4-6-13(18)7-5-12)21-19-16-9-8-14(20-22(16)17)15-3-2-10-23-15/h2-10,21H,11,18H2,1H3. The largest absolute Gasteiger partial charge is 0.399 e. The summed E-state index contributed by atoms with van der Waals surface area (Å²) in [6, 6.07) is 12.1. The van der Waals surface area contributed by atoms with Gasteiger partial charge in [0, 0.05) is 12.1 Å². The Labute approximate surface area is 138 Å². The molecule has 1 aromatic carbocycles. The second kappa shape index (κ2) is 5.24. The van der Waals surface area contributed by atoms with Gasteiger partial charge < -0.3 is 5.73 Å². The van der Waals surface area contributed by atoms with Gasteiger partial charge in [0.1, 0.15) is 11.4 Å². The second-order valence-corrected chi connectivity index (χ2v) is 6.83. The number of nitrogen functional groups attached to an aromatic ring is 1. The van der Waals surface area contributed by atoms with Gasteiger partial charge in [-0.3, -0.25) is 5.43 Å². The molecule has 5 nitrogen and oxygen atoms in total. The van der Waals surface area contributed by atoms with Crippen molar-refractivity contribution in [3.05, 3.63) is 64.4 Å². The zero-order valence-corrected chi connectivity index (χ0v) is 13.5. The Morgan fingerprint density at radius 3 is 2.78 bits per heavy atom. The highest BCUT2D eigenvalue weighted by Gasteiger charge is 2.40. The van der Waals surface area contributed by atoms with Crippen molar-refractivity contribution < 1.29 is 0 Å². The number of thiophene rings is 1. The first-order valence-corrected chi connectivity index (χ1v) is 8.32. The van der Waals surface area contributed by atoms with Gasteiger partial charge >= 0.3 is 0 Å². The molecule has 0 bridgehead atoms. The molecule has 0 fully saturated rings. The predicted octanol–water partition coefficient (Wildman–Crippen LogP) is 2.78. The Hall–Kier alpha value is -2.60. The molecule has 0 amide bonds. The number of anilines is 1. The van der Waals surface area contributed by atoms with E-state index in [0.29, 0.717) is 0 Å². The monoisotopic (exact) mass is 323 g/mol. The normalized spacial score (nSPS) is 22.4. The summed E-state index contributed by atoms with van der Waals surface area (Å²) in [6.07, 6.45) is 4.79. The van der Waals surface area contributed by atoms with E-state index in [0.717, 1.165) is 28.5 Å². The van der Waals surface area contributed by atoms with E-state index in [1.807, 2.05) is 47.5 Å². The first-order valence-electron chi connectivity index (χ1n) is 7.44. The number of allylic oxidation sites excluding steroid dienone is 1. The van der Waals surface area contributed by atoms with Crippen molar-refractivity contribution in [3.63, 3.8) is 0 Å². The molecule has 1 atom stereocenters. The van der Waals surface area contributed by atoms with Crippen LogP contribution < -0.4 is 11.2 Å². The number of amidine groups is 1. The highest BCUT2D eigenvalue weighted by Crippen LogP contribution is 2.27. The van der Waals surface area contributed by atoms with E-state index in [9.17, 15) is 0 Å².